The molecule has 0 saturated carbocycles. The van der Waals surface area contributed by atoms with Crippen molar-refractivity contribution in [1.29, 1.82) is 0 Å². The van der Waals surface area contributed by atoms with E-state index in [0.29, 0.717) is 0 Å². The molecular formula is C46H44N6. The molecule has 52 heavy (non-hydrogen) atoms. The lowest BCUT2D eigenvalue weighted by Crippen LogP contribution is -2.22. The van der Waals surface area contributed by atoms with Crippen LogP contribution in [0, 0.1) is 0 Å². The van der Waals surface area contributed by atoms with Crippen LogP contribution in [0.5, 0.6) is 0 Å². The van der Waals surface area contributed by atoms with Crippen LogP contribution < -0.4 is 10.0 Å². The molecule has 0 radical (unpaired) electrons. The third-order valence-corrected chi connectivity index (χ3v) is 10.0. The predicted molar refractivity (Wildman–Crippen MR) is 222 cm³/mol. The summed E-state index contributed by atoms with van der Waals surface area (Å²) in [5.41, 5.74) is 9.42. The van der Waals surface area contributed by atoms with Gasteiger partial charge in [0.05, 0.1) is 23.8 Å². The minimum atomic E-state index is 0.794. The van der Waals surface area contributed by atoms with Gasteiger partial charge in [0, 0.05) is 69.8 Å². The quantitative estimate of drug-likeness (QED) is 0.0691. The zero-order valence-electron chi connectivity index (χ0n) is 29.9. The molecule has 0 bridgehead atoms. The summed E-state index contributed by atoms with van der Waals surface area (Å²) in [4.78, 5) is 0. The van der Waals surface area contributed by atoms with Crippen molar-refractivity contribution < 1.29 is 0 Å². The van der Waals surface area contributed by atoms with E-state index in [1.54, 1.807) is 0 Å². The number of aromatic nitrogens is 2. The summed E-state index contributed by atoms with van der Waals surface area (Å²) in [6, 6.07) is 51.6. The maximum absolute atomic E-state index is 5.04. The number of aryl methyl sites for hydroxylation is 2. The Hall–Kier alpha value is -6.14. The fourth-order valence-corrected chi connectivity index (χ4v) is 7.49. The Kier molecular flexibility index (Phi) is 9.53. The molecule has 2 heterocycles. The molecule has 6 nitrogen and oxygen atoms in total. The van der Waals surface area contributed by atoms with E-state index in [0.717, 1.165) is 61.5 Å². The third-order valence-electron chi connectivity index (χ3n) is 10.0. The predicted octanol–water partition coefficient (Wildman–Crippen LogP) is 11.1. The van der Waals surface area contributed by atoms with Gasteiger partial charge in [0.1, 0.15) is 0 Å². The number of benzene rings is 6. The first kappa shape index (κ1) is 33.0. The molecule has 0 aliphatic carbocycles. The molecule has 258 valence electrons. The minimum absolute atomic E-state index is 0.794. The molecule has 0 aliphatic heterocycles. The Labute approximate surface area is 305 Å². The molecule has 0 unspecified atom stereocenters. The summed E-state index contributed by atoms with van der Waals surface area (Å²) >= 11 is 0. The molecule has 6 heteroatoms. The Balaban J connectivity index is 0.996. The van der Waals surface area contributed by atoms with Crippen molar-refractivity contribution in [2.24, 2.45) is 10.2 Å². The van der Waals surface area contributed by atoms with Gasteiger partial charge in [-0.05, 0) is 98.5 Å². The van der Waals surface area contributed by atoms with Gasteiger partial charge < -0.3 is 9.13 Å². The van der Waals surface area contributed by atoms with Crippen LogP contribution >= 0.6 is 0 Å². The van der Waals surface area contributed by atoms with Gasteiger partial charge in [0.2, 0.25) is 0 Å². The Morgan fingerprint density at radius 2 is 0.827 bits per heavy atom. The van der Waals surface area contributed by atoms with E-state index in [2.05, 4.69) is 179 Å². The third kappa shape index (κ3) is 6.56. The molecule has 0 fully saturated rings. The molecule has 2 aromatic heterocycles. The van der Waals surface area contributed by atoms with E-state index < -0.39 is 0 Å². The summed E-state index contributed by atoms with van der Waals surface area (Å²) < 4.78 is 4.77. The van der Waals surface area contributed by atoms with Crippen molar-refractivity contribution in [3.63, 3.8) is 0 Å². The number of para-hydroxylation sites is 4. The molecule has 0 saturated heterocycles. The lowest BCUT2D eigenvalue weighted by atomic mass is 10.1. The van der Waals surface area contributed by atoms with Gasteiger partial charge in [-0.15, -0.1) is 0 Å². The van der Waals surface area contributed by atoms with Crippen molar-refractivity contribution in [1.82, 2.24) is 9.13 Å². The van der Waals surface area contributed by atoms with Crippen molar-refractivity contribution in [3.05, 3.63) is 157 Å². The number of fused-ring (bicyclic) bond motifs is 6. The van der Waals surface area contributed by atoms with E-state index >= 15 is 0 Å². The van der Waals surface area contributed by atoms with Crippen molar-refractivity contribution in [2.75, 3.05) is 23.1 Å². The number of unbranched alkanes of at least 4 members (excludes halogenated alkanes) is 1. The summed E-state index contributed by atoms with van der Waals surface area (Å²) in [6.07, 6.45) is 5.91. The largest absolute Gasteiger partial charge is 0.341 e. The second-order valence-corrected chi connectivity index (χ2v) is 13.2. The molecule has 6 aromatic carbocycles. The van der Waals surface area contributed by atoms with Gasteiger partial charge in [0.25, 0.3) is 0 Å². The van der Waals surface area contributed by atoms with E-state index in [1.807, 2.05) is 12.4 Å². The first-order valence-corrected chi connectivity index (χ1v) is 18.5. The Bertz CT molecular complexity index is 2330. The number of hydrazone groups is 2. The molecule has 0 amide bonds. The maximum atomic E-state index is 5.04. The van der Waals surface area contributed by atoms with E-state index in [1.165, 1.54) is 43.6 Å². The normalized spacial score (nSPS) is 12.0. The number of hydrogen-bond donors (Lipinski definition) is 0. The second kappa shape index (κ2) is 15.0. The highest BCUT2D eigenvalue weighted by Crippen LogP contribution is 2.31. The molecule has 8 aromatic rings. The van der Waals surface area contributed by atoms with Gasteiger partial charge in [-0.2, -0.15) is 10.2 Å². The molecular weight excluding hydrogens is 637 g/mol. The zero-order chi connectivity index (χ0) is 35.3. The highest BCUT2D eigenvalue weighted by atomic mass is 15.5. The van der Waals surface area contributed by atoms with Crippen molar-refractivity contribution in [3.8, 4) is 0 Å². The fraction of sp³-hybridized carbons (Fsp3) is 0.174. The van der Waals surface area contributed by atoms with Crippen LogP contribution in [0.1, 0.15) is 37.8 Å². The average molecular weight is 681 g/mol. The SMILES string of the molecule is CCn1c2ccccc2c2cc(C=NN(CCCCN(N=Cc3ccc4c(c3)c3ccccc3n4CC)c3ccccc3)c3ccccc3)ccc21. The molecule has 0 atom stereocenters. The smallest absolute Gasteiger partial charge is 0.0593 e. The fourth-order valence-electron chi connectivity index (χ4n) is 7.49. The van der Waals surface area contributed by atoms with Crippen molar-refractivity contribution in [2.45, 2.75) is 39.8 Å². The first-order valence-electron chi connectivity index (χ1n) is 18.5. The number of rotatable bonds is 13. The first-order chi connectivity index (χ1) is 25.7. The lowest BCUT2D eigenvalue weighted by molar-refractivity contribution is 0.681. The van der Waals surface area contributed by atoms with Gasteiger partial charge in [-0.1, -0.05) is 84.9 Å². The van der Waals surface area contributed by atoms with E-state index in [9.17, 15) is 0 Å². The van der Waals surface area contributed by atoms with Crippen LogP contribution in [0.4, 0.5) is 11.4 Å². The van der Waals surface area contributed by atoms with Crippen LogP contribution in [0.25, 0.3) is 43.6 Å². The van der Waals surface area contributed by atoms with Crippen LogP contribution in [0.15, 0.2) is 156 Å². The Morgan fingerprint density at radius 1 is 0.442 bits per heavy atom. The number of anilines is 2. The summed E-state index contributed by atoms with van der Waals surface area (Å²) in [6.45, 7) is 7.88. The van der Waals surface area contributed by atoms with E-state index in [-0.39, 0.29) is 0 Å². The lowest BCUT2D eigenvalue weighted by Gasteiger charge is -2.22. The van der Waals surface area contributed by atoms with Crippen LogP contribution in [-0.4, -0.2) is 34.7 Å². The number of hydrogen-bond acceptors (Lipinski definition) is 4. The number of nitrogens with zero attached hydrogens (tertiary/aromatic N) is 6. The Morgan fingerprint density at radius 3 is 1.25 bits per heavy atom. The second-order valence-electron chi connectivity index (χ2n) is 13.2. The van der Waals surface area contributed by atoms with Gasteiger partial charge in [-0.25, -0.2) is 0 Å². The molecule has 0 aliphatic rings. The van der Waals surface area contributed by atoms with Gasteiger partial charge >= 0.3 is 0 Å². The van der Waals surface area contributed by atoms with Crippen LogP contribution in [-0.2, 0) is 13.1 Å². The molecule has 0 spiro atoms. The monoisotopic (exact) mass is 680 g/mol. The van der Waals surface area contributed by atoms with Crippen molar-refractivity contribution >= 4 is 67.4 Å². The average Bonchev–Trinajstić information content (AvgIpc) is 3.70. The maximum Gasteiger partial charge on any atom is 0.0593 e. The van der Waals surface area contributed by atoms with Crippen LogP contribution in [0.3, 0.4) is 0 Å². The highest BCUT2D eigenvalue weighted by molar-refractivity contribution is 6.10. The van der Waals surface area contributed by atoms with Gasteiger partial charge in [-0.3, -0.25) is 10.0 Å². The molecule has 8 rings (SSSR count). The van der Waals surface area contributed by atoms with Gasteiger partial charge in [0.15, 0.2) is 0 Å². The minimum Gasteiger partial charge on any atom is -0.341 e. The standard InChI is InChI=1S/C46H44N6/c1-3-49-43-23-13-11-21-39(43)41-31-35(25-27-45(41)49)33-47-51(37-17-7-5-8-18-37)29-15-16-30-52(38-19-9-6-10-20-38)48-34-36-26-28-46-42(32-36)40-22-12-14-24-44(40)50(46)4-2/h5-14,17-28,31-34H,3-4,15-16,29-30H2,1-2H3. The summed E-state index contributed by atoms with van der Waals surface area (Å²) in [5.74, 6) is 0. The topological polar surface area (TPSA) is 41.1 Å². The van der Waals surface area contributed by atoms with E-state index in [4.69, 9.17) is 10.2 Å². The highest BCUT2D eigenvalue weighted by Gasteiger charge is 2.12. The van der Waals surface area contributed by atoms with Crippen LogP contribution in [0.2, 0.25) is 0 Å². The summed E-state index contributed by atoms with van der Waals surface area (Å²) in [5, 5.41) is 19.4. The zero-order valence-corrected chi connectivity index (χ0v) is 29.9. The summed E-state index contributed by atoms with van der Waals surface area (Å²) in [7, 11) is 0. The molecule has 0 N–H and O–H groups in total.